The van der Waals surface area contributed by atoms with Gasteiger partial charge in [-0.15, -0.1) is 0 Å². The maximum Gasteiger partial charge on any atom is 0.303 e. The molecule has 0 aliphatic heterocycles. The third kappa shape index (κ3) is 5.14. The van der Waals surface area contributed by atoms with Crippen LogP contribution in [0.1, 0.15) is 32.1 Å². The maximum absolute atomic E-state index is 14.3. The van der Waals surface area contributed by atoms with E-state index in [4.69, 9.17) is 9.84 Å². The van der Waals surface area contributed by atoms with Crippen molar-refractivity contribution in [2.75, 3.05) is 6.61 Å². The lowest BCUT2D eigenvalue weighted by atomic mass is 10.00. The molecule has 1 aliphatic carbocycles. The lowest BCUT2D eigenvalue weighted by molar-refractivity contribution is -0.137. The van der Waals surface area contributed by atoms with Crippen LogP contribution in [0.2, 0.25) is 0 Å². The first-order valence-corrected chi connectivity index (χ1v) is 10.0. The summed E-state index contributed by atoms with van der Waals surface area (Å²) in [5.74, 6) is -3.22. The highest BCUT2D eigenvalue weighted by molar-refractivity contribution is 7.85. The molecule has 2 aromatic rings. The van der Waals surface area contributed by atoms with Gasteiger partial charge in [-0.05, 0) is 54.7 Å². The fraction of sp³-hybridized carbons (Fsp3) is 0.350. The summed E-state index contributed by atoms with van der Waals surface area (Å²) in [4.78, 5) is 11.1. The van der Waals surface area contributed by atoms with Gasteiger partial charge in [0.1, 0.15) is 0 Å². The van der Waals surface area contributed by atoms with E-state index in [0.29, 0.717) is 16.0 Å². The van der Waals surface area contributed by atoms with Gasteiger partial charge < -0.3 is 15.3 Å². The molecule has 152 valence electrons. The zero-order chi connectivity index (χ0) is 19.4. The van der Waals surface area contributed by atoms with Gasteiger partial charge in [0.2, 0.25) is 0 Å². The van der Waals surface area contributed by atoms with E-state index < -0.39 is 34.2 Å². The molecule has 1 fully saturated rings. The van der Waals surface area contributed by atoms with Crippen LogP contribution in [0.4, 0.5) is 8.78 Å². The van der Waals surface area contributed by atoms with Crippen molar-refractivity contribution < 1.29 is 33.1 Å². The molecule has 3 rings (SSSR count). The minimum absolute atomic E-state index is 0. The van der Waals surface area contributed by atoms with Gasteiger partial charge in [0.15, 0.2) is 17.4 Å². The van der Waals surface area contributed by atoms with E-state index in [-0.39, 0.29) is 30.2 Å². The predicted molar refractivity (Wildman–Crippen MR) is 102 cm³/mol. The summed E-state index contributed by atoms with van der Waals surface area (Å²) in [5.41, 5.74) is 0.908. The average molecular weight is 412 g/mol. The molecule has 5 nitrogen and oxygen atoms in total. The van der Waals surface area contributed by atoms with Gasteiger partial charge in [-0.25, -0.2) is 8.78 Å². The fourth-order valence-corrected chi connectivity index (χ4v) is 4.44. The van der Waals surface area contributed by atoms with Gasteiger partial charge in [-0.2, -0.15) is 0 Å². The van der Waals surface area contributed by atoms with Crippen molar-refractivity contribution in [3.63, 3.8) is 0 Å². The zero-order valence-corrected chi connectivity index (χ0v) is 15.9. The third-order valence-electron chi connectivity index (χ3n) is 4.53. The molecule has 1 unspecified atom stereocenters. The molecule has 0 aromatic heterocycles. The van der Waals surface area contributed by atoms with Gasteiger partial charge in [-0.1, -0.05) is 18.6 Å². The first-order chi connectivity index (χ1) is 13.0. The molecule has 8 heteroatoms. The summed E-state index contributed by atoms with van der Waals surface area (Å²) < 4.78 is 46.1. The number of carboxylic acids is 1. The van der Waals surface area contributed by atoms with Gasteiger partial charge in [0.25, 0.3) is 0 Å². The number of hydrogen-bond acceptors (Lipinski definition) is 3. The van der Waals surface area contributed by atoms with Crippen molar-refractivity contribution in [3.8, 4) is 16.9 Å². The van der Waals surface area contributed by atoms with Crippen LogP contribution < -0.4 is 4.74 Å². The molecule has 3 N–H and O–H groups in total. The van der Waals surface area contributed by atoms with Crippen molar-refractivity contribution >= 4 is 16.8 Å². The van der Waals surface area contributed by atoms with Crippen molar-refractivity contribution in [1.82, 2.24) is 0 Å². The Morgan fingerprint density at radius 1 is 1.14 bits per heavy atom. The number of hydrogen-bond donors (Lipinski definition) is 1. The van der Waals surface area contributed by atoms with E-state index in [2.05, 4.69) is 0 Å². The van der Waals surface area contributed by atoms with Crippen molar-refractivity contribution in [2.24, 2.45) is 0 Å². The molecule has 0 radical (unpaired) electrons. The summed E-state index contributed by atoms with van der Waals surface area (Å²) in [6.07, 6.45) is 2.99. The Labute approximate surface area is 164 Å². The highest BCUT2D eigenvalue weighted by atomic mass is 32.2. The van der Waals surface area contributed by atoms with Gasteiger partial charge in [0, 0.05) is 16.6 Å². The van der Waals surface area contributed by atoms with E-state index in [1.807, 2.05) is 0 Å². The SMILES string of the molecule is O.O=C(O)CCCOc1c(F)cc(-c2cccc(S(=O)C3CCC3)c2)cc1F. The molecule has 0 saturated heterocycles. The molecular formula is C20H22F2O5S. The standard InChI is InChI=1S/C20H20F2O4S.H2O/c21-17-11-14(12-18(22)20(17)26-9-3-8-19(23)24)13-4-1-7-16(10-13)27(25)15-5-2-6-15;/h1,4,7,10-12,15H,2-3,5-6,8-9H2,(H,23,24);1H2. The number of carbonyl (C=O) groups is 1. The van der Waals surface area contributed by atoms with Crippen LogP contribution in [0.15, 0.2) is 41.3 Å². The Hall–Kier alpha value is -2.32. The van der Waals surface area contributed by atoms with Crippen molar-refractivity contribution in [2.45, 2.75) is 42.2 Å². The number of carboxylic acid groups (broad SMARTS) is 1. The number of aliphatic carboxylic acids is 1. The van der Waals surface area contributed by atoms with Crippen LogP contribution in [0.3, 0.4) is 0 Å². The molecule has 2 aromatic carbocycles. The lowest BCUT2D eigenvalue weighted by Crippen LogP contribution is -2.23. The summed E-state index contributed by atoms with van der Waals surface area (Å²) in [5, 5.41) is 8.73. The predicted octanol–water partition coefficient (Wildman–Crippen LogP) is 3.71. The van der Waals surface area contributed by atoms with Crippen LogP contribution >= 0.6 is 0 Å². The monoisotopic (exact) mass is 412 g/mol. The Bertz CT molecular complexity index is 844. The molecule has 0 heterocycles. The second-order valence-electron chi connectivity index (χ2n) is 6.49. The highest BCUT2D eigenvalue weighted by Crippen LogP contribution is 2.32. The molecule has 0 amide bonds. The second kappa shape index (κ2) is 9.75. The second-order valence-corrected chi connectivity index (χ2v) is 8.23. The van der Waals surface area contributed by atoms with Crippen molar-refractivity contribution in [1.29, 1.82) is 0 Å². The van der Waals surface area contributed by atoms with Crippen LogP contribution in [-0.2, 0) is 15.6 Å². The summed E-state index contributed by atoms with van der Waals surface area (Å²) in [6, 6.07) is 9.25. The first-order valence-electron chi connectivity index (χ1n) is 8.80. The smallest absolute Gasteiger partial charge is 0.303 e. The molecule has 0 spiro atoms. The number of benzene rings is 2. The molecule has 28 heavy (non-hydrogen) atoms. The number of halogens is 2. The fourth-order valence-electron chi connectivity index (χ4n) is 2.84. The lowest BCUT2D eigenvalue weighted by Gasteiger charge is -2.24. The number of ether oxygens (including phenoxy) is 1. The van der Waals surface area contributed by atoms with Gasteiger partial charge in [-0.3, -0.25) is 9.00 Å². The van der Waals surface area contributed by atoms with E-state index in [1.54, 1.807) is 24.3 Å². The number of rotatable bonds is 8. The minimum atomic E-state index is -1.11. The van der Waals surface area contributed by atoms with E-state index in [1.165, 1.54) is 12.1 Å². The summed E-state index contributed by atoms with van der Waals surface area (Å²) >= 11 is 0. The molecule has 0 bridgehead atoms. The molecule has 1 aliphatic rings. The molecule has 1 saturated carbocycles. The van der Waals surface area contributed by atoms with Crippen LogP contribution in [0.25, 0.3) is 11.1 Å². The Morgan fingerprint density at radius 2 is 1.82 bits per heavy atom. The Kier molecular flexibility index (Phi) is 7.65. The topological polar surface area (TPSA) is 95.1 Å². The van der Waals surface area contributed by atoms with Crippen LogP contribution in [0.5, 0.6) is 5.75 Å². The quantitative estimate of drug-likeness (QED) is 0.669. The van der Waals surface area contributed by atoms with Gasteiger partial charge >= 0.3 is 5.97 Å². The largest absolute Gasteiger partial charge is 0.488 e. The van der Waals surface area contributed by atoms with E-state index in [0.717, 1.165) is 19.3 Å². The normalized spacial score (nSPS) is 14.6. The maximum atomic E-state index is 14.3. The first kappa shape index (κ1) is 22.0. The average Bonchev–Trinajstić information content (AvgIpc) is 2.58. The summed E-state index contributed by atoms with van der Waals surface area (Å²) in [7, 11) is -1.11. The minimum Gasteiger partial charge on any atom is -0.488 e. The highest BCUT2D eigenvalue weighted by Gasteiger charge is 2.25. The van der Waals surface area contributed by atoms with E-state index >= 15 is 0 Å². The molecule has 1 atom stereocenters. The zero-order valence-electron chi connectivity index (χ0n) is 15.1. The van der Waals surface area contributed by atoms with E-state index in [9.17, 15) is 17.8 Å². The van der Waals surface area contributed by atoms with Crippen LogP contribution in [0, 0.1) is 11.6 Å². The Balaban J connectivity index is 0.00000280. The van der Waals surface area contributed by atoms with Crippen LogP contribution in [-0.4, -0.2) is 32.6 Å². The molecular weight excluding hydrogens is 390 g/mol. The van der Waals surface area contributed by atoms with Gasteiger partial charge in [0.05, 0.1) is 17.4 Å². The summed E-state index contributed by atoms with van der Waals surface area (Å²) in [6.45, 7) is -0.0880. The third-order valence-corrected chi connectivity index (χ3v) is 6.33. The Morgan fingerprint density at radius 3 is 2.39 bits per heavy atom. The van der Waals surface area contributed by atoms with Crippen molar-refractivity contribution in [3.05, 3.63) is 48.0 Å².